The molecule has 2 aromatic heterocycles. The number of allylic oxidation sites excluding steroid dienone is 2. The number of aromatic nitrogens is 2. The van der Waals surface area contributed by atoms with Crippen molar-refractivity contribution in [1.82, 2.24) is 9.78 Å². The molecule has 6 atom stereocenters. The highest BCUT2D eigenvalue weighted by Crippen LogP contribution is 2.64. The summed E-state index contributed by atoms with van der Waals surface area (Å²) in [5, 5.41) is 42.1. The van der Waals surface area contributed by atoms with Crippen LogP contribution in [0.3, 0.4) is 0 Å². The van der Waals surface area contributed by atoms with E-state index in [1.807, 2.05) is 19.1 Å². The first-order chi connectivity index (χ1) is 28.4. The largest absolute Gasteiger partial charge is 0.508 e. The van der Waals surface area contributed by atoms with Crippen LogP contribution in [-0.2, 0) is 26.2 Å². The average Bonchev–Trinajstić information content (AvgIpc) is 3.87. The molecule has 0 bridgehead atoms. The van der Waals surface area contributed by atoms with E-state index in [1.165, 1.54) is 41.1 Å². The fourth-order valence-corrected chi connectivity index (χ4v) is 11.6. The lowest BCUT2D eigenvalue weighted by Gasteiger charge is -2.49. The summed E-state index contributed by atoms with van der Waals surface area (Å²) in [6.07, 6.45) is 1.83. The van der Waals surface area contributed by atoms with Crippen LogP contribution in [0.15, 0.2) is 72.3 Å². The number of hydrogen-bond acceptors (Lipinski definition) is 12. The molecule has 16 nitrogen and oxygen atoms in total. The van der Waals surface area contributed by atoms with E-state index in [0.717, 1.165) is 42.5 Å². The van der Waals surface area contributed by atoms with Crippen molar-refractivity contribution in [3.05, 3.63) is 109 Å². The smallest absolute Gasteiger partial charge is 0.301 e. The number of imide groups is 2. The summed E-state index contributed by atoms with van der Waals surface area (Å²) < 4.78 is 2.47. The average molecular weight is 850 g/mol. The number of para-hydroxylation sites is 1. The van der Waals surface area contributed by atoms with Gasteiger partial charge in [-0.2, -0.15) is 5.10 Å². The van der Waals surface area contributed by atoms with E-state index in [2.05, 4.69) is 0 Å². The molecule has 2 saturated heterocycles. The summed E-state index contributed by atoms with van der Waals surface area (Å²) in [6.45, 7) is 3.66. The molecule has 2 aliphatic heterocycles. The van der Waals surface area contributed by atoms with Crippen molar-refractivity contribution >= 4 is 85.2 Å². The molecule has 0 spiro atoms. The van der Waals surface area contributed by atoms with Crippen LogP contribution >= 0.6 is 22.9 Å². The molecule has 18 heteroatoms. The number of halogens is 1. The number of anilines is 3. The molecule has 1 N–H and O–H groups in total. The van der Waals surface area contributed by atoms with E-state index in [9.17, 15) is 39.7 Å². The number of benzene rings is 3. The Bertz CT molecular complexity index is 2800. The number of phenolic OH excluding ortho intramolecular Hbond substituents is 1. The molecule has 1 saturated carbocycles. The maximum absolute atomic E-state index is 15.1. The number of rotatable bonds is 7. The summed E-state index contributed by atoms with van der Waals surface area (Å²) in [5.41, 5.74) is -0.939. The van der Waals surface area contributed by atoms with Crippen molar-refractivity contribution in [2.45, 2.75) is 32.6 Å². The first kappa shape index (κ1) is 39.0. The van der Waals surface area contributed by atoms with Crippen molar-refractivity contribution in [3.8, 4) is 16.3 Å². The van der Waals surface area contributed by atoms with Gasteiger partial charge in [-0.25, -0.2) is 9.80 Å². The lowest BCUT2D eigenvalue weighted by Crippen LogP contribution is -2.49. The van der Waals surface area contributed by atoms with Gasteiger partial charge < -0.3 is 10.0 Å². The normalized spacial score (nSPS) is 24.8. The number of hydrogen-bond donors (Lipinski definition) is 1. The Morgan fingerprint density at radius 1 is 0.933 bits per heavy atom. The molecule has 3 fully saturated rings. The number of aryl methyl sites for hydroxylation is 2. The van der Waals surface area contributed by atoms with Crippen LogP contribution in [0, 0.1) is 56.2 Å². The van der Waals surface area contributed by atoms with Gasteiger partial charge >= 0.3 is 11.4 Å². The van der Waals surface area contributed by atoms with Gasteiger partial charge in [0.25, 0.3) is 0 Å². The number of amides is 4. The van der Waals surface area contributed by atoms with Crippen molar-refractivity contribution in [1.29, 1.82) is 0 Å². The Labute approximate surface area is 350 Å². The third-order valence-corrected chi connectivity index (χ3v) is 14.4. The van der Waals surface area contributed by atoms with Gasteiger partial charge in [-0.1, -0.05) is 41.4 Å². The molecule has 2 aliphatic carbocycles. The van der Waals surface area contributed by atoms with E-state index in [-0.39, 0.29) is 35.8 Å². The van der Waals surface area contributed by atoms with Crippen LogP contribution in [0.4, 0.5) is 28.6 Å². The predicted molar refractivity (Wildman–Crippen MR) is 223 cm³/mol. The SMILES string of the molecule is Cc1c(-c2cc(N3C(=O)C4CC5C(=CCC6C(=O)N(c7cc([N+](=O)[O-])c(N(C)C)c([N+](=O)[O-])c7)C(=O)C65)C(c5ccccc5O)C4(C)C3=O)n(C)n2)sc2ccc(Cl)cc12. The predicted octanol–water partition coefficient (Wildman–Crippen LogP) is 7.29. The standard InChI is InChI=1S/C42H36ClN7O9S/c1-19-25-14-20(43)10-13-32(25)60-37(19)28-18-33(46(5)44-28)48-39(53)27-17-26-22(35(42(27,2)41(48)55)23-8-6-7-9-31(23)51)11-12-24-34(26)40(54)47(38(24)52)21-15-29(49(56)57)36(45(3)4)30(16-21)50(58)59/h6-11,13-16,18,24,26-27,34-35,51H,12,17H2,1-5H3. The summed E-state index contributed by atoms with van der Waals surface area (Å²) in [5.74, 6) is -7.12. The monoisotopic (exact) mass is 849 g/mol. The zero-order valence-corrected chi connectivity index (χ0v) is 34.4. The van der Waals surface area contributed by atoms with Crippen molar-refractivity contribution in [2.24, 2.45) is 36.1 Å². The van der Waals surface area contributed by atoms with Gasteiger partial charge in [0, 0.05) is 60.5 Å². The van der Waals surface area contributed by atoms with Gasteiger partial charge in [-0.15, -0.1) is 11.3 Å². The second-order valence-corrected chi connectivity index (χ2v) is 17.7. The van der Waals surface area contributed by atoms with Gasteiger partial charge in [-0.3, -0.25) is 44.1 Å². The molecule has 6 unspecified atom stereocenters. The number of nitrogens with zero attached hydrogens (tertiary/aromatic N) is 7. The highest BCUT2D eigenvalue weighted by molar-refractivity contribution is 7.22. The Balaban J connectivity index is 1.14. The van der Waals surface area contributed by atoms with E-state index >= 15 is 4.79 Å². The van der Waals surface area contributed by atoms with Gasteiger partial charge in [0.1, 0.15) is 17.3 Å². The highest BCUT2D eigenvalue weighted by atomic mass is 35.5. The van der Waals surface area contributed by atoms with Crippen LogP contribution in [0.1, 0.15) is 36.8 Å². The second-order valence-electron chi connectivity index (χ2n) is 16.2. The molecule has 5 aromatic rings. The van der Waals surface area contributed by atoms with Gasteiger partial charge in [-0.05, 0) is 67.8 Å². The molecule has 9 rings (SSSR count). The van der Waals surface area contributed by atoms with Crippen LogP contribution in [-0.4, -0.2) is 62.5 Å². The Hall–Kier alpha value is -6.46. The number of nitro benzene ring substituents is 2. The number of aromatic hydroxyl groups is 1. The first-order valence-corrected chi connectivity index (χ1v) is 20.3. The molecule has 0 radical (unpaired) electrons. The van der Waals surface area contributed by atoms with Gasteiger partial charge in [0.2, 0.25) is 23.6 Å². The lowest BCUT2D eigenvalue weighted by atomic mass is 9.51. The number of nitro groups is 2. The van der Waals surface area contributed by atoms with Crippen molar-refractivity contribution in [2.75, 3.05) is 28.8 Å². The van der Waals surface area contributed by atoms with Crippen LogP contribution in [0.2, 0.25) is 5.02 Å². The Morgan fingerprint density at radius 2 is 1.62 bits per heavy atom. The number of fused-ring (bicyclic) bond motifs is 5. The van der Waals surface area contributed by atoms with Crippen molar-refractivity contribution < 1.29 is 34.1 Å². The number of thiophene rings is 1. The summed E-state index contributed by atoms with van der Waals surface area (Å²) in [6, 6.07) is 15.8. The van der Waals surface area contributed by atoms with E-state index in [4.69, 9.17) is 16.7 Å². The summed E-state index contributed by atoms with van der Waals surface area (Å²) in [7, 11) is 4.47. The van der Waals surface area contributed by atoms with Crippen LogP contribution in [0.25, 0.3) is 20.7 Å². The maximum atomic E-state index is 15.1. The Kier molecular flexibility index (Phi) is 8.80. The molecule has 4 heterocycles. The molecule has 3 aromatic carbocycles. The molecule has 306 valence electrons. The third kappa shape index (κ3) is 5.37. The summed E-state index contributed by atoms with van der Waals surface area (Å²) in [4.78, 5) is 85.8. The molecule has 4 amide bonds. The maximum Gasteiger partial charge on any atom is 0.301 e. The van der Waals surface area contributed by atoms with Gasteiger partial charge in [0.15, 0.2) is 5.69 Å². The number of phenols is 1. The van der Waals surface area contributed by atoms with Gasteiger partial charge in [0.05, 0.1) is 43.6 Å². The van der Waals surface area contributed by atoms with E-state index in [0.29, 0.717) is 21.9 Å². The van der Waals surface area contributed by atoms with Crippen LogP contribution in [0.5, 0.6) is 5.75 Å². The number of carbonyl (C=O) groups excluding carboxylic acids is 4. The van der Waals surface area contributed by atoms with Crippen LogP contribution < -0.4 is 14.7 Å². The Morgan fingerprint density at radius 3 is 2.27 bits per heavy atom. The molecular weight excluding hydrogens is 814 g/mol. The van der Waals surface area contributed by atoms with E-state index < -0.39 is 79.9 Å². The fourth-order valence-electron chi connectivity index (χ4n) is 10.2. The third-order valence-electron chi connectivity index (χ3n) is 12.9. The second kappa shape index (κ2) is 13.5. The molecule has 4 aliphatic rings. The zero-order valence-electron chi connectivity index (χ0n) is 32.8. The van der Waals surface area contributed by atoms with Crippen molar-refractivity contribution in [3.63, 3.8) is 0 Å². The fraction of sp³-hybridized carbons (Fsp3) is 0.310. The minimum Gasteiger partial charge on any atom is -0.508 e. The topological polar surface area (TPSA) is 202 Å². The molecule has 60 heavy (non-hydrogen) atoms. The first-order valence-electron chi connectivity index (χ1n) is 19.1. The quantitative estimate of drug-likeness (QED) is 0.0746. The lowest BCUT2D eigenvalue weighted by molar-refractivity contribution is -0.392. The highest BCUT2D eigenvalue weighted by Gasteiger charge is 2.68. The molecular formula is C42H36ClN7O9S. The summed E-state index contributed by atoms with van der Waals surface area (Å²) >= 11 is 7.81. The van der Waals surface area contributed by atoms with E-state index in [1.54, 1.807) is 50.4 Å². The number of carbonyl (C=O) groups is 4. The zero-order chi connectivity index (χ0) is 42.8. The minimum atomic E-state index is -1.46. The minimum absolute atomic E-state index is 0.0116.